The number of nitrogens with zero attached hydrogens (tertiary/aromatic N) is 5. The van der Waals surface area contributed by atoms with Crippen molar-refractivity contribution in [2.75, 3.05) is 23.4 Å². The summed E-state index contributed by atoms with van der Waals surface area (Å²) in [7, 11) is 0.659. The Bertz CT molecular complexity index is 1150. The fraction of sp³-hybridized carbons (Fsp3) is 0.417. The van der Waals surface area contributed by atoms with Crippen LogP contribution < -0.4 is 10.2 Å². The molecule has 0 radical (unpaired) electrons. The Hall–Kier alpha value is -3.28. The first-order valence-corrected chi connectivity index (χ1v) is 15.2. The summed E-state index contributed by atoms with van der Waals surface area (Å²) in [6.07, 6.45) is 4.41. The van der Waals surface area contributed by atoms with Gasteiger partial charge in [-0.15, -0.1) is 0 Å². The van der Waals surface area contributed by atoms with Crippen molar-refractivity contribution in [1.82, 2.24) is 19.3 Å². The third-order valence-electron chi connectivity index (χ3n) is 5.47. The molecular weight excluding hydrogens is 464 g/mol. The van der Waals surface area contributed by atoms with E-state index in [4.69, 9.17) is 4.74 Å². The number of aliphatic hydroxyl groups excluding tert-OH is 1. The maximum atomic E-state index is 12.6. The Labute approximate surface area is 206 Å². The van der Waals surface area contributed by atoms with Gasteiger partial charge in [0.2, 0.25) is 6.41 Å². The Morgan fingerprint density at radius 1 is 1.29 bits per heavy atom. The number of amides is 2. The summed E-state index contributed by atoms with van der Waals surface area (Å²) >= 11 is 0. The predicted octanol–water partition coefficient (Wildman–Crippen LogP) is 2.87. The fourth-order valence-corrected chi connectivity index (χ4v) is 4.12. The van der Waals surface area contributed by atoms with E-state index in [1.807, 2.05) is 38.4 Å². The molecule has 35 heavy (non-hydrogen) atoms. The number of ether oxygens (including phenoxy) is 1. The number of carbonyl (C=O) groups excluding carboxylic acids is 2. The molecule has 0 aliphatic rings. The van der Waals surface area contributed by atoms with E-state index in [1.54, 1.807) is 27.7 Å². The fourth-order valence-electron chi connectivity index (χ4n) is 3.36. The topological polar surface area (TPSA) is 115 Å². The Kier molecular flexibility index (Phi) is 8.60. The monoisotopic (exact) mass is 498 g/mol. The van der Waals surface area contributed by atoms with Crippen molar-refractivity contribution >= 4 is 31.9 Å². The zero-order valence-corrected chi connectivity index (χ0v) is 21.9. The summed E-state index contributed by atoms with van der Waals surface area (Å²) < 4.78 is 9.24. The minimum Gasteiger partial charge on any atom is -0.381 e. The molecule has 0 fully saturated rings. The minimum atomic E-state index is -1.44. The number of aromatic nitrogens is 4. The largest absolute Gasteiger partial charge is 0.381 e. The van der Waals surface area contributed by atoms with Crippen LogP contribution in [0.4, 0.5) is 11.5 Å². The van der Waals surface area contributed by atoms with Crippen LogP contribution in [0.5, 0.6) is 0 Å². The van der Waals surface area contributed by atoms with Crippen LogP contribution in [0.2, 0.25) is 25.7 Å². The summed E-state index contributed by atoms with van der Waals surface area (Å²) in [6.45, 7) is 9.51. The normalized spacial score (nSPS) is 12.4. The van der Waals surface area contributed by atoms with E-state index in [0.29, 0.717) is 37.1 Å². The predicted molar refractivity (Wildman–Crippen MR) is 138 cm³/mol. The lowest BCUT2D eigenvalue weighted by Crippen LogP contribution is -2.39. The van der Waals surface area contributed by atoms with Crippen molar-refractivity contribution in [3.63, 3.8) is 0 Å². The van der Waals surface area contributed by atoms with E-state index in [0.717, 1.165) is 17.2 Å². The number of anilines is 2. The van der Waals surface area contributed by atoms with Crippen molar-refractivity contribution in [1.29, 1.82) is 0 Å². The zero-order valence-electron chi connectivity index (χ0n) is 20.9. The molecule has 2 heterocycles. The van der Waals surface area contributed by atoms with Crippen molar-refractivity contribution in [2.45, 2.75) is 45.4 Å². The van der Waals surface area contributed by atoms with Gasteiger partial charge in [0.15, 0.2) is 11.9 Å². The summed E-state index contributed by atoms with van der Waals surface area (Å²) in [5.41, 5.74) is 2.33. The molecule has 188 valence electrons. The van der Waals surface area contributed by atoms with Gasteiger partial charge in [0.05, 0.1) is 18.9 Å². The molecule has 3 rings (SSSR count). The molecule has 0 spiro atoms. The van der Waals surface area contributed by atoms with E-state index in [2.05, 4.69) is 35.0 Å². The molecule has 0 aliphatic carbocycles. The van der Waals surface area contributed by atoms with Crippen LogP contribution in [0.3, 0.4) is 0 Å². The van der Waals surface area contributed by atoms with Crippen LogP contribution in [0, 0.1) is 6.92 Å². The van der Waals surface area contributed by atoms with E-state index >= 15 is 0 Å². The molecule has 2 aromatic heterocycles. The number of carbonyl (C=O) groups is 2. The van der Waals surface area contributed by atoms with Crippen LogP contribution in [0.1, 0.15) is 5.82 Å². The Balaban J connectivity index is 1.58. The lowest BCUT2D eigenvalue weighted by atomic mass is 10.1. The molecule has 0 unspecified atom stereocenters. The number of rotatable bonds is 12. The SMILES string of the molecule is Cc1nc(NC(=O)[C@H](O)CN(C=O)c2cccc(-c3cnn(C)c3)c2)cn1COCC[Si](C)(C)C. The molecule has 1 aromatic carbocycles. The van der Waals surface area contributed by atoms with Crippen LogP contribution in [-0.4, -0.2) is 64.1 Å². The van der Waals surface area contributed by atoms with Gasteiger partial charge in [-0.25, -0.2) is 4.98 Å². The van der Waals surface area contributed by atoms with Crippen LogP contribution in [0.25, 0.3) is 11.1 Å². The smallest absolute Gasteiger partial charge is 0.256 e. The Morgan fingerprint density at radius 2 is 2.06 bits per heavy atom. The standard InChI is InChI=1S/C24H34N6O4Si/c1-18-26-23(15-30(18)17-34-9-10-35(3,4)5)27-24(33)22(32)14-29(16-31)21-8-6-7-19(11-21)20-12-25-28(2)13-20/h6-8,11-13,15-16,22,32H,9-10,14,17H2,1-5H3,(H,27,33)/t22-/m1/s1. The molecule has 1 atom stereocenters. The lowest BCUT2D eigenvalue weighted by molar-refractivity contribution is -0.123. The minimum absolute atomic E-state index is 0.203. The molecule has 0 aliphatic heterocycles. The highest BCUT2D eigenvalue weighted by molar-refractivity contribution is 6.76. The van der Waals surface area contributed by atoms with Crippen LogP contribution >= 0.6 is 0 Å². The third-order valence-corrected chi connectivity index (χ3v) is 7.17. The van der Waals surface area contributed by atoms with E-state index < -0.39 is 20.1 Å². The zero-order chi connectivity index (χ0) is 25.6. The highest BCUT2D eigenvalue weighted by atomic mass is 28.3. The van der Waals surface area contributed by atoms with Crippen molar-refractivity contribution in [3.8, 4) is 11.1 Å². The summed E-state index contributed by atoms with van der Waals surface area (Å²) in [5.74, 6) is 0.352. The van der Waals surface area contributed by atoms with Gasteiger partial charge in [-0.05, 0) is 30.7 Å². The van der Waals surface area contributed by atoms with Gasteiger partial charge < -0.3 is 24.6 Å². The number of hydrogen-bond acceptors (Lipinski definition) is 6. The second kappa shape index (κ2) is 11.4. The van der Waals surface area contributed by atoms with Gasteiger partial charge in [-0.3, -0.25) is 14.3 Å². The summed E-state index contributed by atoms with van der Waals surface area (Å²) in [6, 6.07) is 8.33. The van der Waals surface area contributed by atoms with E-state index in [1.165, 1.54) is 4.90 Å². The molecule has 2 N–H and O–H groups in total. The van der Waals surface area contributed by atoms with Crippen LogP contribution in [-0.2, 0) is 28.1 Å². The number of benzene rings is 1. The summed E-state index contributed by atoms with van der Waals surface area (Å²) in [5, 5.41) is 17.3. The number of nitrogens with one attached hydrogen (secondary N) is 1. The van der Waals surface area contributed by atoms with E-state index in [-0.39, 0.29) is 6.54 Å². The van der Waals surface area contributed by atoms with Gasteiger partial charge in [0.1, 0.15) is 12.6 Å². The molecule has 0 saturated heterocycles. The number of imidazole rings is 1. The average Bonchev–Trinajstić information content (AvgIpc) is 3.39. The van der Waals surface area contributed by atoms with Crippen molar-refractivity contribution in [2.24, 2.45) is 7.05 Å². The Morgan fingerprint density at radius 3 is 2.71 bits per heavy atom. The first-order chi connectivity index (χ1) is 16.6. The quantitative estimate of drug-likeness (QED) is 0.225. The van der Waals surface area contributed by atoms with Crippen molar-refractivity contribution < 1.29 is 19.4 Å². The lowest BCUT2D eigenvalue weighted by Gasteiger charge is -2.21. The van der Waals surface area contributed by atoms with Gasteiger partial charge in [0.25, 0.3) is 5.91 Å². The number of hydrogen-bond donors (Lipinski definition) is 2. The summed E-state index contributed by atoms with van der Waals surface area (Å²) in [4.78, 5) is 30.0. The molecule has 2 amide bonds. The van der Waals surface area contributed by atoms with Gasteiger partial charge >= 0.3 is 0 Å². The van der Waals surface area contributed by atoms with E-state index in [9.17, 15) is 14.7 Å². The number of aliphatic hydroxyl groups is 1. The molecule has 0 bridgehead atoms. The second-order valence-corrected chi connectivity index (χ2v) is 15.3. The van der Waals surface area contributed by atoms with Gasteiger partial charge in [-0.1, -0.05) is 31.8 Å². The molecule has 11 heteroatoms. The molecule has 10 nitrogen and oxygen atoms in total. The molecule has 0 saturated carbocycles. The highest BCUT2D eigenvalue weighted by Crippen LogP contribution is 2.24. The third kappa shape index (κ3) is 7.60. The highest BCUT2D eigenvalue weighted by Gasteiger charge is 2.21. The first-order valence-electron chi connectivity index (χ1n) is 11.5. The molecular formula is C24H34N6O4Si. The van der Waals surface area contributed by atoms with Gasteiger partial charge in [-0.2, -0.15) is 5.10 Å². The second-order valence-electron chi connectivity index (χ2n) is 9.71. The van der Waals surface area contributed by atoms with Gasteiger partial charge in [0, 0.05) is 39.2 Å². The number of aryl methyl sites for hydroxylation is 2. The molecule has 3 aromatic rings. The maximum absolute atomic E-state index is 12.6. The maximum Gasteiger partial charge on any atom is 0.256 e. The first kappa shape index (κ1) is 26.3. The van der Waals surface area contributed by atoms with Crippen LogP contribution in [0.15, 0.2) is 42.9 Å². The van der Waals surface area contributed by atoms with Crippen molar-refractivity contribution in [3.05, 3.63) is 48.7 Å². The average molecular weight is 499 g/mol.